The molecule has 2 aliphatic rings. The first-order chi connectivity index (χ1) is 10.3. The molecule has 0 aliphatic carbocycles. The zero-order valence-corrected chi connectivity index (χ0v) is 12.7. The second-order valence-corrected chi connectivity index (χ2v) is 6.24. The third-order valence-electron chi connectivity index (χ3n) is 4.98. The van der Waals surface area contributed by atoms with E-state index in [1.165, 1.54) is 25.7 Å². The molecular formula is C15H22N6. The fraction of sp³-hybridized carbons (Fsp3) is 0.667. The summed E-state index contributed by atoms with van der Waals surface area (Å²) in [4.78, 5) is 7.05. The summed E-state index contributed by atoms with van der Waals surface area (Å²) in [6.45, 7) is 5.14. The van der Waals surface area contributed by atoms with Crippen LogP contribution in [0.4, 0.5) is 5.82 Å². The molecule has 0 aromatic carbocycles. The average molecular weight is 286 g/mol. The van der Waals surface area contributed by atoms with Crippen molar-refractivity contribution in [2.24, 2.45) is 0 Å². The van der Waals surface area contributed by atoms with E-state index in [4.69, 9.17) is 0 Å². The monoisotopic (exact) mass is 286 g/mol. The van der Waals surface area contributed by atoms with Gasteiger partial charge in [0.05, 0.1) is 0 Å². The minimum Gasteiger partial charge on any atom is -0.351 e. The summed E-state index contributed by atoms with van der Waals surface area (Å²) in [5, 5.41) is 12.2. The largest absolute Gasteiger partial charge is 0.351 e. The summed E-state index contributed by atoms with van der Waals surface area (Å²) in [7, 11) is 0. The number of fused-ring (bicyclic) bond motifs is 3. The van der Waals surface area contributed by atoms with E-state index in [1.807, 2.05) is 23.7 Å². The maximum absolute atomic E-state index is 4.62. The number of aryl methyl sites for hydroxylation is 1. The fourth-order valence-electron chi connectivity index (χ4n) is 3.99. The number of anilines is 1. The summed E-state index contributed by atoms with van der Waals surface area (Å²) in [5.41, 5.74) is 0.878. The van der Waals surface area contributed by atoms with E-state index in [2.05, 4.69) is 32.3 Å². The number of nitrogens with one attached hydrogen (secondary N) is 1. The standard InChI is InChI=1S/C15H22N6/c1-3-20(13-8-11-4-5-12(9-13)17-11)14-15-19-18-10(2)21(15)7-6-16-14/h6-7,11-13,17H,3-5,8-9H2,1-2H3. The molecule has 2 aromatic heterocycles. The molecule has 2 aromatic rings. The maximum Gasteiger partial charge on any atom is 0.203 e. The van der Waals surface area contributed by atoms with E-state index in [1.54, 1.807) is 0 Å². The van der Waals surface area contributed by atoms with Crippen molar-refractivity contribution in [3.8, 4) is 0 Å². The van der Waals surface area contributed by atoms with Crippen LogP contribution in [-0.2, 0) is 0 Å². The van der Waals surface area contributed by atoms with Crippen molar-refractivity contribution in [3.63, 3.8) is 0 Å². The van der Waals surface area contributed by atoms with Gasteiger partial charge in [0.25, 0.3) is 0 Å². The smallest absolute Gasteiger partial charge is 0.203 e. The van der Waals surface area contributed by atoms with E-state index in [9.17, 15) is 0 Å². The Labute approximate surface area is 124 Å². The molecule has 1 N–H and O–H groups in total. The Balaban J connectivity index is 1.71. The number of rotatable bonds is 3. The van der Waals surface area contributed by atoms with Crippen LogP contribution in [0.1, 0.15) is 38.4 Å². The van der Waals surface area contributed by atoms with E-state index in [-0.39, 0.29) is 0 Å². The summed E-state index contributed by atoms with van der Waals surface area (Å²) in [6, 6.07) is 1.92. The predicted molar refractivity (Wildman–Crippen MR) is 81.5 cm³/mol. The first-order valence-electron chi connectivity index (χ1n) is 7.95. The first kappa shape index (κ1) is 13.0. The molecule has 6 heteroatoms. The van der Waals surface area contributed by atoms with Gasteiger partial charge < -0.3 is 10.2 Å². The quantitative estimate of drug-likeness (QED) is 0.927. The maximum atomic E-state index is 4.62. The van der Waals surface area contributed by atoms with Crippen molar-refractivity contribution in [1.29, 1.82) is 0 Å². The predicted octanol–water partition coefficient (Wildman–Crippen LogP) is 1.54. The minimum atomic E-state index is 0.560. The second kappa shape index (κ2) is 4.94. The van der Waals surface area contributed by atoms with Crippen molar-refractivity contribution < 1.29 is 0 Å². The lowest BCUT2D eigenvalue weighted by Gasteiger charge is -2.37. The highest BCUT2D eigenvalue weighted by Crippen LogP contribution is 2.32. The molecule has 2 fully saturated rings. The molecule has 21 heavy (non-hydrogen) atoms. The van der Waals surface area contributed by atoms with Crippen molar-refractivity contribution in [1.82, 2.24) is 24.9 Å². The lowest BCUT2D eigenvalue weighted by atomic mass is 9.98. The van der Waals surface area contributed by atoms with Crippen LogP contribution < -0.4 is 10.2 Å². The fourth-order valence-corrected chi connectivity index (χ4v) is 3.99. The van der Waals surface area contributed by atoms with Crippen molar-refractivity contribution >= 4 is 11.5 Å². The van der Waals surface area contributed by atoms with Crippen molar-refractivity contribution in [3.05, 3.63) is 18.2 Å². The Morgan fingerprint density at radius 2 is 2.05 bits per heavy atom. The van der Waals surface area contributed by atoms with Crippen LogP contribution in [0.25, 0.3) is 5.65 Å². The molecule has 6 nitrogen and oxygen atoms in total. The highest BCUT2D eigenvalue weighted by atomic mass is 15.3. The molecule has 2 aliphatic heterocycles. The van der Waals surface area contributed by atoms with Crippen LogP contribution in [0, 0.1) is 6.92 Å². The van der Waals surface area contributed by atoms with E-state index in [0.29, 0.717) is 18.1 Å². The third-order valence-corrected chi connectivity index (χ3v) is 4.98. The topological polar surface area (TPSA) is 58.4 Å². The molecule has 0 saturated carbocycles. The Morgan fingerprint density at radius 3 is 2.76 bits per heavy atom. The van der Waals surface area contributed by atoms with E-state index < -0.39 is 0 Å². The van der Waals surface area contributed by atoms with Crippen LogP contribution in [-0.4, -0.2) is 44.3 Å². The molecule has 2 saturated heterocycles. The van der Waals surface area contributed by atoms with Gasteiger partial charge in [-0.05, 0) is 39.5 Å². The Morgan fingerprint density at radius 1 is 1.29 bits per heavy atom. The van der Waals surface area contributed by atoms with Crippen LogP contribution in [0.3, 0.4) is 0 Å². The van der Waals surface area contributed by atoms with Gasteiger partial charge in [0.2, 0.25) is 5.65 Å². The number of nitrogens with zero attached hydrogens (tertiary/aromatic N) is 5. The van der Waals surface area contributed by atoms with Gasteiger partial charge in [-0.25, -0.2) is 4.98 Å². The zero-order valence-electron chi connectivity index (χ0n) is 12.7. The summed E-state index contributed by atoms with van der Waals surface area (Å²) >= 11 is 0. The number of hydrogen-bond acceptors (Lipinski definition) is 5. The highest BCUT2D eigenvalue weighted by molar-refractivity contribution is 5.64. The molecule has 0 radical (unpaired) electrons. The van der Waals surface area contributed by atoms with Gasteiger partial charge in [0.1, 0.15) is 5.82 Å². The second-order valence-electron chi connectivity index (χ2n) is 6.24. The van der Waals surface area contributed by atoms with Crippen molar-refractivity contribution in [2.75, 3.05) is 11.4 Å². The summed E-state index contributed by atoms with van der Waals surface area (Å²) in [6.07, 6.45) is 8.85. The van der Waals surface area contributed by atoms with Gasteiger partial charge in [-0.2, -0.15) is 0 Å². The molecule has 4 rings (SSSR count). The van der Waals surface area contributed by atoms with Gasteiger partial charge in [-0.1, -0.05) is 0 Å². The summed E-state index contributed by atoms with van der Waals surface area (Å²) in [5.74, 6) is 1.89. The van der Waals surface area contributed by atoms with Crippen LogP contribution in [0.5, 0.6) is 0 Å². The molecule has 0 spiro atoms. The Hall–Kier alpha value is -1.69. The van der Waals surface area contributed by atoms with E-state index in [0.717, 1.165) is 23.8 Å². The first-order valence-corrected chi connectivity index (χ1v) is 7.95. The average Bonchev–Trinajstić information content (AvgIpc) is 3.04. The van der Waals surface area contributed by atoms with Gasteiger partial charge >= 0.3 is 0 Å². The molecule has 112 valence electrons. The highest BCUT2D eigenvalue weighted by Gasteiger charge is 2.36. The molecule has 2 bridgehead atoms. The lowest BCUT2D eigenvalue weighted by Crippen LogP contribution is -2.48. The van der Waals surface area contributed by atoms with Crippen molar-refractivity contribution in [2.45, 2.75) is 57.7 Å². The minimum absolute atomic E-state index is 0.560. The molecule has 0 amide bonds. The molecule has 4 heterocycles. The van der Waals surface area contributed by atoms with Gasteiger partial charge in [-0.3, -0.25) is 4.40 Å². The Bertz CT molecular complexity index is 639. The molecular weight excluding hydrogens is 264 g/mol. The van der Waals surface area contributed by atoms with Crippen LogP contribution in [0.15, 0.2) is 12.4 Å². The Kier molecular flexibility index (Phi) is 3.06. The summed E-state index contributed by atoms with van der Waals surface area (Å²) < 4.78 is 2.03. The van der Waals surface area contributed by atoms with E-state index >= 15 is 0 Å². The van der Waals surface area contributed by atoms with Gasteiger partial charge in [-0.15, -0.1) is 10.2 Å². The third kappa shape index (κ3) is 2.09. The lowest BCUT2D eigenvalue weighted by molar-refractivity contribution is 0.348. The molecule has 2 unspecified atom stereocenters. The zero-order chi connectivity index (χ0) is 14.4. The van der Waals surface area contributed by atoms with Crippen LogP contribution in [0.2, 0.25) is 0 Å². The number of piperidine rings is 1. The normalized spacial score (nSPS) is 28.2. The number of hydrogen-bond donors (Lipinski definition) is 1. The van der Waals surface area contributed by atoms with Gasteiger partial charge in [0, 0.05) is 37.1 Å². The molecule has 2 atom stereocenters. The SMILES string of the molecule is CCN(c1nccn2c(C)nnc12)C1CC2CCC(C1)N2. The van der Waals surface area contributed by atoms with Crippen LogP contribution >= 0.6 is 0 Å². The number of aromatic nitrogens is 4. The van der Waals surface area contributed by atoms with Gasteiger partial charge in [0.15, 0.2) is 5.82 Å².